The van der Waals surface area contributed by atoms with E-state index < -0.39 is 0 Å². The Bertz CT molecular complexity index is 110. The third-order valence-electron chi connectivity index (χ3n) is 2.36. The Morgan fingerprint density at radius 3 is 2.55 bits per heavy atom. The maximum Gasteiger partial charge on any atom is 0.0434 e. The summed E-state index contributed by atoms with van der Waals surface area (Å²) in [4.78, 5) is 2.35. The highest BCUT2D eigenvalue weighted by molar-refractivity contribution is 6.20. The van der Waals surface area contributed by atoms with Crippen molar-refractivity contribution in [3.05, 3.63) is 0 Å². The van der Waals surface area contributed by atoms with Gasteiger partial charge < -0.3 is 4.90 Å². The number of nitrogens with zero attached hydrogens (tertiary/aromatic N) is 1. The number of halogens is 1. The molecule has 0 N–H and O–H groups in total. The van der Waals surface area contributed by atoms with Gasteiger partial charge in [-0.05, 0) is 32.7 Å². The van der Waals surface area contributed by atoms with E-state index in [1.165, 1.54) is 25.8 Å². The van der Waals surface area contributed by atoms with Crippen LogP contribution in [0.4, 0.5) is 0 Å². The van der Waals surface area contributed by atoms with Gasteiger partial charge in [-0.25, -0.2) is 0 Å². The summed E-state index contributed by atoms with van der Waals surface area (Å²) in [6.45, 7) is 4.33. The van der Waals surface area contributed by atoms with Crippen LogP contribution in [0, 0.1) is 5.92 Å². The van der Waals surface area contributed by atoms with E-state index >= 15 is 0 Å². The number of rotatable bonds is 4. The van der Waals surface area contributed by atoms with E-state index in [0.29, 0.717) is 5.38 Å². The fourth-order valence-electron chi connectivity index (χ4n) is 1.62. The normalized spacial score (nSPS) is 21.8. The second-order valence-corrected chi connectivity index (χ2v) is 4.54. The molecule has 0 radical (unpaired) electrons. The first-order valence-corrected chi connectivity index (χ1v) is 4.94. The summed E-state index contributed by atoms with van der Waals surface area (Å²) >= 11 is 5.88. The molecule has 1 rings (SSSR count). The van der Waals surface area contributed by atoms with Crippen molar-refractivity contribution in [1.82, 2.24) is 4.90 Å². The van der Waals surface area contributed by atoms with Crippen molar-refractivity contribution in [2.75, 3.05) is 20.1 Å². The lowest BCUT2D eigenvalue weighted by Gasteiger charge is -2.30. The largest absolute Gasteiger partial charge is 0.305 e. The lowest BCUT2D eigenvalue weighted by atomic mass is 9.85. The molecule has 0 saturated heterocycles. The van der Waals surface area contributed by atoms with Gasteiger partial charge in [0, 0.05) is 18.5 Å². The molecule has 1 nitrogen and oxygen atoms in total. The quantitative estimate of drug-likeness (QED) is 0.593. The highest BCUT2D eigenvalue weighted by Crippen LogP contribution is 2.26. The Labute approximate surface area is 74.7 Å². The highest BCUT2D eigenvalue weighted by Gasteiger charge is 2.19. The summed E-state index contributed by atoms with van der Waals surface area (Å²) in [7, 11) is 2.16. The van der Waals surface area contributed by atoms with Gasteiger partial charge >= 0.3 is 0 Å². The molecule has 2 heteroatoms. The molecule has 1 fully saturated rings. The lowest BCUT2D eigenvalue weighted by Crippen LogP contribution is -2.32. The first-order valence-electron chi connectivity index (χ1n) is 4.51. The molecule has 1 aliphatic rings. The molecule has 1 saturated carbocycles. The molecule has 0 amide bonds. The fraction of sp³-hybridized carbons (Fsp3) is 1.00. The van der Waals surface area contributed by atoms with Gasteiger partial charge in [0.1, 0.15) is 0 Å². The molecule has 1 unspecified atom stereocenters. The topological polar surface area (TPSA) is 3.24 Å². The zero-order chi connectivity index (χ0) is 8.27. The average molecular weight is 176 g/mol. The van der Waals surface area contributed by atoms with E-state index in [2.05, 4.69) is 18.9 Å². The van der Waals surface area contributed by atoms with Crippen LogP contribution in [0.3, 0.4) is 0 Å². The molecule has 66 valence electrons. The van der Waals surface area contributed by atoms with Gasteiger partial charge in [0.2, 0.25) is 0 Å². The third-order valence-corrected chi connectivity index (χ3v) is 2.50. The minimum atomic E-state index is 0.292. The molecule has 0 aromatic carbocycles. The minimum absolute atomic E-state index is 0.292. The summed E-state index contributed by atoms with van der Waals surface area (Å²) in [5, 5.41) is 0.292. The van der Waals surface area contributed by atoms with Gasteiger partial charge in [0.15, 0.2) is 0 Å². The standard InChI is InChI=1S/C9H18ClN/c1-8(10)6-11(2)7-9-4-3-5-9/h8-9H,3-7H2,1-2H3. The van der Waals surface area contributed by atoms with Crippen molar-refractivity contribution in [2.45, 2.75) is 31.6 Å². The Morgan fingerprint density at radius 1 is 1.55 bits per heavy atom. The Balaban J connectivity index is 2.04. The van der Waals surface area contributed by atoms with Crippen molar-refractivity contribution in [2.24, 2.45) is 5.92 Å². The van der Waals surface area contributed by atoms with Crippen LogP contribution in [-0.4, -0.2) is 30.4 Å². The fourth-order valence-corrected chi connectivity index (χ4v) is 1.86. The van der Waals surface area contributed by atoms with E-state index in [9.17, 15) is 0 Å². The van der Waals surface area contributed by atoms with Crippen LogP contribution in [0.15, 0.2) is 0 Å². The predicted molar refractivity (Wildman–Crippen MR) is 50.2 cm³/mol. The van der Waals surface area contributed by atoms with Crippen molar-refractivity contribution in [1.29, 1.82) is 0 Å². The van der Waals surface area contributed by atoms with Crippen molar-refractivity contribution < 1.29 is 0 Å². The molecule has 0 aromatic heterocycles. The van der Waals surface area contributed by atoms with Crippen LogP contribution < -0.4 is 0 Å². The first-order chi connectivity index (χ1) is 5.18. The predicted octanol–water partition coefficient (Wildman–Crippen LogP) is 2.35. The van der Waals surface area contributed by atoms with E-state index in [4.69, 9.17) is 11.6 Å². The van der Waals surface area contributed by atoms with Gasteiger partial charge in [-0.15, -0.1) is 11.6 Å². The molecule has 0 aromatic rings. The van der Waals surface area contributed by atoms with Crippen LogP contribution >= 0.6 is 11.6 Å². The summed E-state index contributed by atoms with van der Waals surface area (Å²) in [6, 6.07) is 0. The Hall–Kier alpha value is 0.250. The second kappa shape index (κ2) is 4.32. The van der Waals surface area contributed by atoms with Gasteiger partial charge in [0.25, 0.3) is 0 Å². The summed E-state index contributed by atoms with van der Waals surface area (Å²) in [6.07, 6.45) is 4.30. The van der Waals surface area contributed by atoms with Crippen LogP contribution in [0.2, 0.25) is 0 Å². The van der Waals surface area contributed by atoms with E-state index in [1.807, 2.05) is 0 Å². The van der Waals surface area contributed by atoms with Crippen molar-refractivity contribution in [3.8, 4) is 0 Å². The van der Waals surface area contributed by atoms with E-state index in [0.717, 1.165) is 12.5 Å². The SMILES string of the molecule is CC(Cl)CN(C)CC1CCC1. The van der Waals surface area contributed by atoms with Gasteiger partial charge in [-0.1, -0.05) is 6.42 Å². The second-order valence-electron chi connectivity index (χ2n) is 3.80. The molecule has 1 atom stereocenters. The average Bonchev–Trinajstić information content (AvgIpc) is 1.77. The highest BCUT2D eigenvalue weighted by atomic mass is 35.5. The molecule has 0 bridgehead atoms. The lowest BCUT2D eigenvalue weighted by molar-refractivity contribution is 0.206. The molecule has 11 heavy (non-hydrogen) atoms. The number of hydrogen-bond acceptors (Lipinski definition) is 1. The van der Waals surface area contributed by atoms with Crippen LogP contribution in [0.25, 0.3) is 0 Å². The molecule has 1 aliphatic carbocycles. The first kappa shape index (κ1) is 9.34. The molecule has 0 spiro atoms. The van der Waals surface area contributed by atoms with Crippen molar-refractivity contribution in [3.63, 3.8) is 0 Å². The Kier molecular flexibility index (Phi) is 3.67. The van der Waals surface area contributed by atoms with Gasteiger partial charge in [-0.2, -0.15) is 0 Å². The van der Waals surface area contributed by atoms with Gasteiger partial charge in [0.05, 0.1) is 0 Å². The molecule has 0 aliphatic heterocycles. The zero-order valence-corrected chi connectivity index (χ0v) is 8.27. The molecular formula is C9H18ClN. The van der Waals surface area contributed by atoms with Gasteiger partial charge in [-0.3, -0.25) is 0 Å². The van der Waals surface area contributed by atoms with Crippen LogP contribution in [0.5, 0.6) is 0 Å². The molecular weight excluding hydrogens is 158 g/mol. The number of alkyl halides is 1. The summed E-state index contributed by atoms with van der Waals surface area (Å²) < 4.78 is 0. The maximum atomic E-state index is 5.88. The maximum absolute atomic E-state index is 5.88. The smallest absolute Gasteiger partial charge is 0.0434 e. The summed E-state index contributed by atoms with van der Waals surface area (Å²) in [5.74, 6) is 0.968. The molecule has 0 heterocycles. The summed E-state index contributed by atoms with van der Waals surface area (Å²) in [5.41, 5.74) is 0. The minimum Gasteiger partial charge on any atom is -0.305 e. The third kappa shape index (κ3) is 3.44. The van der Waals surface area contributed by atoms with Crippen LogP contribution in [0.1, 0.15) is 26.2 Å². The zero-order valence-electron chi connectivity index (χ0n) is 7.52. The van der Waals surface area contributed by atoms with Crippen LogP contribution in [-0.2, 0) is 0 Å². The van der Waals surface area contributed by atoms with Crippen molar-refractivity contribution >= 4 is 11.6 Å². The van der Waals surface area contributed by atoms with E-state index in [1.54, 1.807) is 0 Å². The number of hydrogen-bond donors (Lipinski definition) is 0. The monoisotopic (exact) mass is 175 g/mol. The Morgan fingerprint density at radius 2 is 2.18 bits per heavy atom. The van der Waals surface area contributed by atoms with E-state index in [-0.39, 0.29) is 0 Å².